The van der Waals surface area contributed by atoms with Gasteiger partial charge >= 0.3 is 0 Å². The Morgan fingerprint density at radius 2 is 1.06 bits per heavy atom. The molecule has 2 heteroatoms. The van der Waals surface area contributed by atoms with Crippen LogP contribution in [0.15, 0.2) is 36.4 Å². The van der Waals surface area contributed by atoms with Crippen LogP contribution in [-0.2, 0) is 4.57 Å². The molecular formula is C16H19OP. The summed E-state index contributed by atoms with van der Waals surface area (Å²) in [5.41, 5.74) is 4.90. The topological polar surface area (TPSA) is 17.1 Å². The van der Waals surface area contributed by atoms with E-state index < -0.39 is 7.80 Å². The van der Waals surface area contributed by atoms with E-state index >= 15 is 0 Å². The number of rotatable bonds is 2. The van der Waals surface area contributed by atoms with Crippen LogP contribution in [-0.4, -0.2) is 0 Å². The Balaban J connectivity index is 2.41. The van der Waals surface area contributed by atoms with Crippen LogP contribution >= 0.6 is 7.80 Å². The summed E-state index contributed by atoms with van der Waals surface area (Å²) in [5, 5.41) is 1.90. The summed E-state index contributed by atoms with van der Waals surface area (Å²) in [6.07, 6.45) is 0. The molecule has 0 spiro atoms. The minimum atomic E-state index is -1.87. The van der Waals surface area contributed by atoms with Crippen molar-refractivity contribution in [2.24, 2.45) is 0 Å². The maximum atomic E-state index is 12.6. The van der Waals surface area contributed by atoms with Crippen molar-refractivity contribution in [2.75, 3.05) is 0 Å². The van der Waals surface area contributed by atoms with E-state index in [9.17, 15) is 4.57 Å². The Labute approximate surface area is 110 Å². The van der Waals surface area contributed by atoms with Crippen LogP contribution in [0, 0.1) is 27.7 Å². The molecule has 0 aliphatic heterocycles. The molecule has 0 saturated carbocycles. The molecule has 0 amide bonds. The minimum absolute atomic E-state index is 0.950. The number of benzene rings is 2. The zero-order chi connectivity index (χ0) is 13.3. The molecule has 2 rings (SSSR count). The van der Waals surface area contributed by atoms with E-state index in [0.717, 1.165) is 10.6 Å². The monoisotopic (exact) mass is 258 g/mol. The lowest BCUT2D eigenvalue weighted by Crippen LogP contribution is -2.08. The highest BCUT2D eigenvalue weighted by atomic mass is 31.1. The lowest BCUT2D eigenvalue weighted by Gasteiger charge is -2.08. The molecule has 1 nitrogen and oxygen atoms in total. The molecule has 0 atom stereocenters. The van der Waals surface area contributed by atoms with Crippen molar-refractivity contribution in [3.05, 3.63) is 58.7 Å². The van der Waals surface area contributed by atoms with Gasteiger partial charge in [0.2, 0.25) is 0 Å². The fourth-order valence-corrected chi connectivity index (χ4v) is 3.43. The van der Waals surface area contributed by atoms with Crippen molar-refractivity contribution in [2.45, 2.75) is 27.7 Å². The van der Waals surface area contributed by atoms with E-state index in [1.807, 2.05) is 36.4 Å². The average Bonchev–Trinajstić information content (AvgIpc) is 2.35. The van der Waals surface area contributed by atoms with Gasteiger partial charge in [-0.2, -0.15) is 0 Å². The first-order chi connectivity index (χ1) is 8.49. The van der Waals surface area contributed by atoms with Gasteiger partial charge in [0.1, 0.15) is 7.80 Å². The van der Waals surface area contributed by atoms with Crippen molar-refractivity contribution in [1.82, 2.24) is 0 Å². The highest BCUT2D eigenvalue weighted by molar-refractivity contribution is 7.61. The lowest BCUT2D eigenvalue weighted by molar-refractivity contribution is 0.598. The van der Waals surface area contributed by atoms with Crippen LogP contribution in [0.1, 0.15) is 22.3 Å². The second-order valence-electron chi connectivity index (χ2n) is 4.93. The Morgan fingerprint density at radius 1 is 0.667 bits per heavy atom. The van der Waals surface area contributed by atoms with Gasteiger partial charge < -0.3 is 4.57 Å². The van der Waals surface area contributed by atoms with Crippen molar-refractivity contribution in [3.63, 3.8) is 0 Å². The summed E-state index contributed by atoms with van der Waals surface area (Å²) in [6.45, 7) is 8.28. The van der Waals surface area contributed by atoms with Crippen LogP contribution < -0.4 is 10.6 Å². The molecule has 0 N–H and O–H groups in total. The van der Waals surface area contributed by atoms with Crippen LogP contribution in [0.3, 0.4) is 0 Å². The standard InChI is InChI=1S/C16H19OP/c1-11-5-7-15(9-13(11)3)18(17)16-8-6-12(2)14(4)10-16/h5-10,18H,1-4H3. The van der Waals surface area contributed by atoms with Gasteiger partial charge in [-0.3, -0.25) is 0 Å². The van der Waals surface area contributed by atoms with Crippen molar-refractivity contribution in [1.29, 1.82) is 0 Å². The van der Waals surface area contributed by atoms with Gasteiger partial charge in [-0.15, -0.1) is 0 Å². The Hall–Kier alpha value is -1.33. The first kappa shape index (κ1) is 13.1. The summed E-state index contributed by atoms with van der Waals surface area (Å²) < 4.78 is 12.6. The van der Waals surface area contributed by atoms with Crippen molar-refractivity contribution >= 4 is 18.4 Å². The molecule has 0 heterocycles. The third-order valence-corrected chi connectivity index (χ3v) is 5.21. The quantitative estimate of drug-likeness (QED) is 0.754. The van der Waals surface area contributed by atoms with Gasteiger partial charge in [0.05, 0.1) is 0 Å². The van der Waals surface area contributed by atoms with Gasteiger partial charge in [-0.1, -0.05) is 24.3 Å². The van der Waals surface area contributed by atoms with E-state index in [-0.39, 0.29) is 0 Å². The normalized spacial score (nSPS) is 10.9. The average molecular weight is 258 g/mol. The maximum absolute atomic E-state index is 12.6. The summed E-state index contributed by atoms with van der Waals surface area (Å²) in [4.78, 5) is 0. The van der Waals surface area contributed by atoms with Crippen LogP contribution in [0.25, 0.3) is 0 Å². The molecular weight excluding hydrogens is 239 g/mol. The van der Waals surface area contributed by atoms with Crippen LogP contribution in [0.5, 0.6) is 0 Å². The number of aryl methyl sites for hydroxylation is 4. The van der Waals surface area contributed by atoms with E-state index in [0.29, 0.717) is 0 Å². The second-order valence-corrected chi connectivity index (χ2v) is 6.74. The fourth-order valence-electron chi connectivity index (χ4n) is 1.93. The lowest BCUT2D eigenvalue weighted by atomic mass is 10.1. The van der Waals surface area contributed by atoms with Crippen molar-refractivity contribution in [3.8, 4) is 0 Å². The van der Waals surface area contributed by atoms with E-state index in [1.54, 1.807) is 0 Å². The highest BCUT2D eigenvalue weighted by Gasteiger charge is 2.08. The Morgan fingerprint density at radius 3 is 1.39 bits per heavy atom. The van der Waals surface area contributed by atoms with Gasteiger partial charge in [-0.25, -0.2) is 0 Å². The van der Waals surface area contributed by atoms with Gasteiger partial charge in [0.25, 0.3) is 0 Å². The first-order valence-corrected chi connectivity index (χ1v) is 7.59. The molecule has 18 heavy (non-hydrogen) atoms. The SMILES string of the molecule is Cc1ccc([PH](=O)c2ccc(C)c(C)c2)cc1C. The summed E-state index contributed by atoms with van der Waals surface area (Å²) in [5.74, 6) is 0. The highest BCUT2D eigenvalue weighted by Crippen LogP contribution is 2.22. The van der Waals surface area contributed by atoms with E-state index in [1.165, 1.54) is 22.3 Å². The van der Waals surface area contributed by atoms with Crippen LogP contribution in [0.2, 0.25) is 0 Å². The molecule has 0 fully saturated rings. The molecule has 0 aromatic heterocycles. The molecule has 0 aliphatic rings. The largest absolute Gasteiger partial charge is 0.317 e. The van der Waals surface area contributed by atoms with Crippen molar-refractivity contribution < 1.29 is 4.57 Å². The molecule has 0 radical (unpaired) electrons. The van der Waals surface area contributed by atoms with E-state index in [4.69, 9.17) is 0 Å². The van der Waals surface area contributed by atoms with E-state index in [2.05, 4.69) is 27.7 Å². The van der Waals surface area contributed by atoms with Gasteiger partial charge in [0, 0.05) is 10.6 Å². The Kier molecular flexibility index (Phi) is 3.73. The molecule has 2 aromatic carbocycles. The minimum Gasteiger partial charge on any atom is -0.317 e. The summed E-state index contributed by atoms with van der Waals surface area (Å²) in [6, 6.07) is 12.2. The zero-order valence-electron chi connectivity index (χ0n) is 11.4. The summed E-state index contributed by atoms with van der Waals surface area (Å²) in [7, 11) is -1.87. The molecule has 0 unspecified atom stereocenters. The number of hydrogen-bond donors (Lipinski definition) is 0. The molecule has 94 valence electrons. The molecule has 0 aliphatic carbocycles. The summed E-state index contributed by atoms with van der Waals surface area (Å²) >= 11 is 0. The predicted molar refractivity (Wildman–Crippen MR) is 80.1 cm³/mol. The van der Waals surface area contributed by atoms with Gasteiger partial charge in [0.15, 0.2) is 0 Å². The second kappa shape index (κ2) is 5.12. The predicted octanol–water partition coefficient (Wildman–Crippen LogP) is 3.43. The third kappa shape index (κ3) is 2.57. The van der Waals surface area contributed by atoms with Gasteiger partial charge in [-0.05, 0) is 62.1 Å². The maximum Gasteiger partial charge on any atom is 0.131 e. The third-order valence-electron chi connectivity index (χ3n) is 3.54. The molecule has 2 aromatic rings. The smallest absolute Gasteiger partial charge is 0.131 e. The Bertz CT molecular complexity index is 561. The molecule has 0 bridgehead atoms. The first-order valence-electron chi connectivity index (χ1n) is 6.18. The number of hydrogen-bond acceptors (Lipinski definition) is 1. The zero-order valence-corrected chi connectivity index (χ0v) is 12.4. The molecule has 0 saturated heterocycles. The fraction of sp³-hybridized carbons (Fsp3) is 0.250. The van der Waals surface area contributed by atoms with Crippen LogP contribution in [0.4, 0.5) is 0 Å².